The third-order valence-electron chi connectivity index (χ3n) is 3.19. The Morgan fingerprint density at radius 2 is 2.32 bits per heavy atom. The quantitative estimate of drug-likeness (QED) is 0.737. The predicted octanol–water partition coefficient (Wildman–Crippen LogP) is 2.78. The Kier molecular flexibility index (Phi) is 3.18. The molecule has 0 unspecified atom stereocenters. The summed E-state index contributed by atoms with van der Waals surface area (Å²) < 4.78 is 2.18. The van der Waals surface area contributed by atoms with Crippen molar-refractivity contribution >= 4 is 16.6 Å². The molecule has 2 aromatic heterocycles. The fourth-order valence-corrected chi connectivity index (χ4v) is 2.25. The van der Waals surface area contributed by atoms with Gasteiger partial charge in [0.05, 0.1) is 18.3 Å². The van der Waals surface area contributed by atoms with Crippen molar-refractivity contribution in [3.05, 3.63) is 42.6 Å². The summed E-state index contributed by atoms with van der Waals surface area (Å²) in [4.78, 5) is 4.39. The van der Waals surface area contributed by atoms with Crippen molar-refractivity contribution in [2.45, 2.75) is 26.4 Å². The lowest BCUT2D eigenvalue weighted by Crippen LogP contribution is -2.08. The van der Waals surface area contributed by atoms with E-state index >= 15 is 0 Å². The molecule has 3 aromatic rings. The van der Waals surface area contributed by atoms with Crippen LogP contribution in [-0.2, 0) is 13.1 Å². The van der Waals surface area contributed by atoms with Crippen molar-refractivity contribution in [1.29, 1.82) is 0 Å². The first kappa shape index (κ1) is 11.8. The predicted molar refractivity (Wildman–Crippen MR) is 75.9 cm³/mol. The standard InChI is InChI=1S/C14H17N5/c1-2-7-19-8-6-15-14(19)10-16-12-4-3-5-13-11(12)9-17-18-13/h3-6,8-9,16H,2,7,10H2,1H3,(H,17,18). The van der Waals surface area contributed by atoms with E-state index in [0.29, 0.717) is 0 Å². The molecule has 0 amide bonds. The maximum Gasteiger partial charge on any atom is 0.128 e. The van der Waals surface area contributed by atoms with Crippen LogP contribution in [-0.4, -0.2) is 19.7 Å². The number of aromatic nitrogens is 4. The van der Waals surface area contributed by atoms with E-state index in [2.05, 4.69) is 38.1 Å². The average Bonchev–Trinajstić information content (AvgIpc) is 3.05. The van der Waals surface area contributed by atoms with Gasteiger partial charge in [-0.1, -0.05) is 13.0 Å². The van der Waals surface area contributed by atoms with Crippen molar-refractivity contribution in [2.24, 2.45) is 0 Å². The molecule has 5 heteroatoms. The second-order valence-electron chi connectivity index (χ2n) is 4.53. The van der Waals surface area contributed by atoms with Gasteiger partial charge in [0.2, 0.25) is 0 Å². The number of aryl methyl sites for hydroxylation is 1. The lowest BCUT2D eigenvalue weighted by molar-refractivity contribution is 0.644. The fourth-order valence-electron chi connectivity index (χ4n) is 2.25. The topological polar surface area (TPSA) is 58.5 Å². The maximum absolute atomic E-state index is 4.39. The van der Waals surface area contributed by atoms with Crippen molar-refractivity contribution in [3.63, 3.8) is 0 Å². The van der Waals surface area contributed by atoms with Gasteiger partial charge in [-0.25, -0.2) is 4.98 Å². The smallest absolute Gasteiger partial charge is 0.128 e. The highest BCUT2D eigenvalue weighted by Gasteiger charge is 2.05. The van der Waals surface area contributed by atoms with E-state index in [1.165, 1.54) is 0 Å². The van der Waals surface area contributed by atoms with Crippen LogP contribution in [0.1, 0.15) is 19.2 Å². The number of hydrogen-bond donors (Lipinski definition) is 2. The van der Waals surface area contributed by atoms with Crippen LogP contribution in [0.3, 0.4) is 0 Å². The zero-order valence-corrected chi connectivity index (χ0v) is 10.9. The lowest BCUT2D eigenvalue weighted by atomic mass is 10.2. The molecule has 0 aliphatic heterocycles. The van der Waals surface area contributed by atoms with Crippen LogP contribution in [0.4, 0.5) is 5.69 Å². The molecule has 2 heterocycles. The van der Waals surface area contributed by atoms with E-state index in [1.54, 1.807) is 0 Å². The Morgan fingerprint density at radius 3 is 3.21 bits per heavy atom. The van der Waals surface area contributed by atoms with Gasteiger partial charge in [-0.15, -0.1) is 0 Å². The number of rotatable bonds is 5. The highest BCUT2D eigenvalue weighted by Crippen LogP contribution is 2.21. The SMILES string of the molecule is CCCn1ccnc1CNc1cccc2[nH]ncc12. The summed E-state index contributed by atoms with van der Waals surface area (Å²) in [5.41, 5.74) is 2.12. The largest absolute Gasteiger partial charge is 0.377 e. The van der Waals surface area contributed by atoms with Crippen LogP contribution in [0, 0.1) is 0 Å². The van der Waals surface area contributed by atoms with Gasteiger partial charge in [-0.05, 0) is 18.6 Å². The molecule has 0 bridgehead atoms. The van der Waals surface area contributed by atoms with Gasteiger partial charge >= 0.3 is 0 Å². The summed E-state index contributed by atoms with van der Waals surface area (Å²) >= 11 is 0. The van der Waals surface area contributed by atoms with Gasteiger partial charge in [0.25, 0.3) is 0 Å². The minimum absolute atomic E-state index is 0.720. The molecule has 19 heavy (non-hydrogen) atoms. The maximum atomic E-state index is 4.39. The van der Waals surface area contributed by atoms with Gasteiger partial charge in [-0.3, -0.25) is 5.10 Å². The molecule has 0 saturated carbocycles. The Bertz CT molecular complexity index is 667. The van der Waals surface area contributed by atoms with Crippen LogP contribution in [0.2, 0.25) is 0 Å². The summed E-state index contributed by atoms with van der Waals surface area (Å²) in [6.07, 6.45) is 6.83. The van der Waals surface area contributed by atoms with Gasteiger partial charge in [-0.2, -0.15) is 5.10 Å². The third kappa shape index (κ3) is 2.31. The Labute approximate surface area is 111 Å². The van der Waals surface area contributed by atoms with Crippen LogP contribution in [0.25, 0.3) is 10.9 Å². The number of nitrogens with one attached hydrogen (secondary N) is 2. The molecule has 3 rings (SSSR count). The molecule has 0 saturated heterocycles. The molecule has 0 aliphatic carbocycles. The summed E-state index contributed by atoms with van der Waals surface area (Å²) in [7, 11) is 0. The zero-order valence-electron chi connectivity index (χ0n) is 10.9. The molecule has 0 fully saturated rings. The molecule has 98 valence electrons. The second kappa shape index (κ2) is 5.14. The van der Waals surface area contributed by atoms with E-state index in [-0.39, 0.29) is 0 Å². The molecule has 0 spiro atoms. The first-order valence-corrected chi connectivity index (χ1v) is 6.54. The first-order valence-electron chi connectivity index (χ1n) is 6.54. The molecule has 0 radical (unpaired) electrons. The van der Waals surface area contributed by atoms with Crippen molar-refractivity contribution < 1.29 is 0 Å². The monoisotopic (exact) mass is 255 g/mol. The highest BCUT2D eigenvalue weighted by atomic mass is 15.1. The van der Waals surface area contributed by atoms with Gasteiger partial charge in [0, 0.05) is 30.0 Å². The molecule has 0 aliphatic rings. The first-order chi connectivity index (χ1) is 9.38. The molecular formula is C14H17N5. The van der Waals surface area contributed by atoms with Gasteiger partial charge in [0.1, 0.15) is 5.82 Å². The summed E-state index contributed by atoms with van der Waals surface area (Å²) in [5.74, 6) is 1.06. The summed E-state index contributed by atoms with van der Waals surface area (Å²) in [6.45, 7) is 3.90. The normalized spacial score (nSPS) is 11.0. The van der Waals surface area contributed by atoms with E-state index in [1.807, 2.05) is 30.7 Å². The Morgan fingerprint density at radius 1 is 1.37 bits per heavy atom. The molecule has 1 aromatic carbocycles. The zero-order chi connectivity index (χ0) is 13.1. The number of nitrogens with zero attached hydrogens (tertiary/aromatic N) is 3. The number of hydrogen-bond acceptors (Lipinski definition) is 3. The van der Waals surface area contributed by atoms with Crippen molar-refractivity contribution in [1.82, 2.24) is 19.7 Å². The number of imidazole rings is 1. The Hall–Kier alpha value is -2.30. The van der Waals surface area contributed by atoms with Crippen LogP contribution < -0.4 is 5.32 Å². The lowest BCUT2D eigenvalue weighted by Gasteiger charge is -2.09. The minimum Gasteiger partial charge on any atom is -0.377 e. The Balaban J connectivity index is 1.78. The van der Waals surface area contributed by atoms with Crippen molar-refractivity contribution in [2.75, 3.05) is 5.32 Å². The third-order valence-corrected chi connectivity index (χ3v) is 3.19. The molecule has 5 nitrogen and oxygen atoms in total. The van der Waals surface area contributed by atoms with E-state index < -0.39 is 0 Å². The van der Waals surface area contributed by atoms with Gasteiger partial charge in [0.15, 0.2) is 0 Å². The number of anilines is 1. The fraction of sp³-hybridized carbons (Fsp3) is 0.286. The van der Waals surface area contributed by atoms with Crippen LogP contribution in [0.5, 0.6) is 0 Å². The van der Waals surface area contributed by atoms with Crippen molar-refractivity contribution in [3.8, 4) is 0 Å². The highest BCUT2D eigenvalue weighted by molar-refractivity contribution is 5.90. The summed E-state index contributed by atoms with van der Waals surface area (Å²) in [6, 6.07) is 6.10. The average molecular weight is 255 g/mol. The number of H-pyrrole nitrogens is 1. The van der Waals surface area contributed by atoms with E-state index in [9.17, 15) is 0 Å². The van der Waals surface area contributed by atoms with Crippen LogP contribution in [0.15, 0.2) is 36.8 Å². The van der Waals surface area contributed by atoms with Gasteiger partial charge < -0.3 is 9.88 Å². The van der Waals surface area contributed by atoms with E-state index in [4.69, 9.17) is 0 Å². The number of aromatic amines is 1. The molecule has 0 atom stereocenters. The van der Waals surface area contributed by atoms with E-state index in [0.717, 1.165) is 41.9 Å². The number of fused-ring (bicyclic) bond motifs is 1. The summed E-state index contributed by atoms with van der Waals surface area (Å²) in [5, 5.41) is 11.6. The molecule has 2 N–H and O–H groups in total. The van der Waals surface area contributed by atoms with Crippen LogP contribution >= 0.6 is 0 Å². The second-order valence-corrected chi connectivity index (χ2v) is 4.53. The number of benzene rings is 1. The molecular weight excluding hydrogens is 238 g/mol. The minimum atomic E-state index is 0.720.